The first-order chi connectivity index (χ1) is 12.2. The summed E-state index contributed by atoms with van der Waals surface area (Å²) in [5.74, 6) is 0.860. The van der Waals surface area contributed by atoms with Gasteiger partial charge < -0.3 is 14.0 Å². The smallest absolute Gasteiger partial charge is 0.342 e. The Bertz CT molecular complexity index is 761. The van der Waals surface area contributed by atoms with Crippen molar-refractivity contribution in [2.24, 2.45) is 0 Å². The van der Waals surface area contributed by atoms with Gasteiger partial charge in [0.1, 0.15) is 17.6 Å². The molecule has 132 valence electrons. The number of nitrogens with zero attached hydrogens (tertiary/aromatic N) is 3. The van der Waals surface area contributed by atoms with E-state index >= 15 is 0 Å². The van der Waals surface area contributed by atoms with E-state index in [1.54, 1.807) is 12.4 Å². The van der Waals surface area contributed by atoms with E-state index in [9.17, 15) is 4.79 Å². The molecule has 1 heterocycles. The number of aromatic nitrogens is 3. The molecule has 1 aliphatic carbocycles. The third kappa shape index (κ3) is 3.73. The van der Waals surface area contributed by atoms with Crippen LogP contribution in [0.25, 0.3) is 12.2 Å². The van der Waals surface area contributed by atoms with Crippen LogP contribution in [0.1, 0.15) is 59.9 Å². The maximum atomic E-state index is 12.1. The summed E-state index contributed by atoms with van der Waals surface area (Å²) in [7, 11) is 2.90. The molecule has 1 aromatic heterocycles. The number of esters is 1. The van der Waals surface area contributed by atoms with Crippen molar-refractivity contribution in [3.63, 3.8) is 0 Å². The lowest BCUT2D eigenvalue weighted by Crippen LogP contribution is -2.13. The number of ether oxygens (including phenoxy) is 2. The molecule has 1 aromatic carbocycles. The minimum absolute atomic E-state index is 0.410. The van der Waals surface area contributed by atoms with Crippen molar-refractivity contribution >= 4 is 18.1 Å². The lowest BCUT2D eigenvalue weighted by atomic mass is 9.95. The number of rotatable bonds is 5. The second kappa shape index (κ2) is 7.96. The van der Waals surface area contributed by atoms with E-state index in [0.717, 1.165) is 24.2 Å². The van der Waals surface area contributed by atoms with Crippen LogP contribution >= 0.6 is 0 Å². The Kier molecular flexibility index (Phi) is 5.48. The minimum atomic E-state index is -0.425. The van der Waals surface area contributed by atoms with Gasteiger partial charge in [0.15, 0.2) is 5.82 Å². The molecule has 1 fully saturated rings. The first-order valence-electron chi connectivity index (χ1n) is 8.57. The van der Waals surface area contributed by atoms with Crippen molar-refractivity contribution in [2.45, 2.75) is 38.1 Å². The van der Waals surface area contributed by atoms with Crippen LogP contribution in [0.3, 0.4) is 0 Å². The fraction of sp³-hybridized carbons (Fsp3) is 0.421. The van der Waals surface area contributed by atoms with Gasteiger partial charge in [-0.2, -0.15) is 0 Å². The molecule has 0 aliphatic heterocycles. The molecule has 0 amide bonds. The highest BCUT2D eigenvalue weighted by Gasteiger charge is 2.19. The number of benzene rings is 1. The number of carbonyl (C=O) groups excluding carboxylic acids is 1. The molecule has 6 nitrogen and oxygen atoms in total. The third-order valence-electron chi connectivity index (χ3n) is 4.65. The molecule has 2 aromatic rings. The average molecular weight is 341 g/mol. The van der Waals surface area contributed by atoms with E-state index in [1.165, 1.54) is 33.5 Å². The first-order valence-corrected chi connectivity index (χ1v) is 8.57. The van der Waals surface area contributed by atoms with Crippen LogP contribution < -0.4 is 4.74 Å². The molecule has 0 saturated heterocycles. The number of carbonyl (C=O) groups is 1. The van der Waals surface area contributed by atoms with E-state index in [1.807, 2.05) is 24.3 Å². The molecule has 1 saturated carbocycles. The molecule has 25 heavy (non-hydrogen) atoms. The number of methoxy groups -OCH3 is 2. The zero-order valence-corrected chi connectivity index (χ0v) is 14.6. The van der Waals surface area contributed by atoms with E-state index in [4.69, 9.17) is 9.47 Å². The summed E-state index contributed by atoms with van der Waals surface area (Å²) >= 11 is 0. The van der Waals surface area contributed by atoms with Gasteiger partial charge in [-0.1, -0.05) is 37.5 Å². The molecule has 0 radical (unpaired) electrons. The summed E-state index contributed by atoms with van der Waals surface area (Å²) in [5, 5.41) is 8.28. The molecule has 0 unspecified atom stereocenters. The van der Waals surface area contributed by atoms with Gasteiger partial charge in [0.25, 0.3) is 0 Å². The summed E-state index contributed by atoms with van der Waals surface area (Å²) in [6.45, 7) is 0. The van der Waals surface area contributed by atoms with Crippen molar-refractivity contribution in [2.75, 3.05) is 14.2 Å². The monoisotopic (exact) mass is 341 g/mol. The van der Waals surface area contributed by atoms with E-state index in [0.29, 0.717) is 17.4 Å². The fourth-order valence-electron chi connectivity index (χ4n) is 3.35. The molecular formula is C19H23N3O3. The highest BCUT2D eigenvalue weighted by atomic mass is 16.5. The van der Waals surface area contributed by atoms with Crippen LogP contribution in [0.4, 0.5) is 0 Å². The standard InChI is InChI=1S/C19H23N3O3/c1-24-16-10-6-7-14(18(16)19(23)25-2)11-12-17-21-20-13-22(17)15-8-4-3-5-9-15/h6-7,10-13,15H,3-5,8-9H2,1-2H3/b12-11+. The van der Waals surface area contributed by atoms with E-state index < -0.39 is 5.97 Å². The van der Waals surface area contributed by atoms with Crippen molar-refractivity contribution in [3.05, 3.63) is 41.5 Å². The fourth-order valence-corrected chi connectivity index (χ4v) is 3.35. The quantitative estimate of drug-likeness (QED) is 0.775. The molecule has 0 bridgehead atoms. The largest absolute Gasteiger partial charge is 0.496 e. The summed E-state index contributed by atoms with van der Waals surface area (Å²) in [5.41, 5.74) is 1.14. The van der Waals surface area contributed by atoms with Gasteiger partial charge in [-0.3, -0.25) is 0 Å². The van der Waals surface area contributed by atoms with E-state index in [-0.39, 0.29) is 0 Å². The van der Waals surface area contributed by atoms with Gasteiger partial charge >= 0.3 is 5.97 Å². The van der Waals surface area contributed by atoms with Crippen molar-refractivity contribution in [1.29, 1.82) is 0 Å². The average Bonchev–Trinajstić information content (AvgIpc) is 3.14. The highest BCUT2D eigenvalue weighted by molar-refractivity contribution is 5.97. The van der Waals surface area contributed by atoms with Crippen LogP contribution in [-0.4, -0.2) is 35.0 Å². The Morgan fingerprint density at radius 3 is 2.72 bits per heavy atom. The maximum absolute atomic E-state index is 12.1. The topological polar surface area (TPSA) is 66.2 Å². The summed E-state index contributed by atoms with van der Waals surface area (Å²) in [6, 6.07) is 5.89. The van der Waals surface area contributed by atoms with Crippen LogP contribution in [0.15, 0.2) is 24.5 Å². The Morgan fingerprint density at radius 2 is 2.00 bits per heavy atom. The van der Waals surface area contributed by atoms with Gasteiger partial charge in [-0.05, 0) is 30.5 Å². The normalized spacial score (nSPS) is 15.4. The zero-order chi connectivity index (χ0) is 17.6. The summed E-state index contributed by atoms with van der Waals surface area (Å²) in [4.78, 5) is 12.1. The Morgan fingerprint density at radius 1 is 1.20 bits per heavy atom. The van der Waals surface area contributed by atoms with Crippen molar-refractivity contribution < 1.29 is 14.3 Å². The highest BCUT2D eigenvalue weighted by Crippen LogP contribution is 2.29. The van der Waals surface area contributed by atoms with Gasteiger partial charge in [0.05, 0.1) is 14.2 Å². The van der Waals surface area contributed by atoms with Crippen molar-refractivity contribution in [3.8, 4) is 5.75 Å². The second-order valence-corrected chi connectivity index (χ2v) is 6.14. The maximum Gasteiger partial charge on any atom is 0.342 e. The lowest BCUT2D eigenvalue weighted by Gasteiger charge is -2.23. The minimum Gasteiger partial charge on any atom is -0.496 e. The molecular weight excluding hydrogens is 318 g/mol. The molecule has 0 N–H and O–H groups in total. The van der Waals surface area contributed by atoms with Gasteiger partial charge in [-0.15, -0.1) is 10.2 Å². The molecule has 0 spiro atoms. The molecule has 0 atom stereocenters. The van der Waals surface area contributed by atoms with E-state index in [2.05, 4.69) is 14.8 Å². The van der Waals surface area contributed by atoms with Crippen LogP contribution in [0, 0.1) is 0 Å². The number of hydrogen-bond acceptors (Lipinski definition) is 5. The number of hydrogen-bond donors (Lipinski definition) is 0. The predicted octanol–water partition coefficient (Wildman–Crippen LogP) is 3.75. The first kappa shape index (κ1) is 17.2. The molecule has 1 aliphatic rings. The SMILES string of the molecule is COC(=O)c1c(/C=C/c2nncn2C2CCCCC2)cccc1OC. The Labute approximate surface area is 147 Å². The van der Waals surface area contributed by atoms with Crippen LogP contribution in [0.2, 0.25) is 0 Å². The zero-order valence-electron chi connectivity index (χ0n) is 14.6. The predicted molar refractivity (Wildman–Crippen MR) is 95.4 cm³/mol. The van der Waals surface area contributed by atoms with Gasteiger partial charge in [0, 0.05) is 6.04 Å². The van der Waals surface area contributed by atoms with Gasteiger partial charge in [0.2, 0.25) is 0 Å². The van der Waals surface area contributed by atoms with Crippen LogP contribution in [-0.2, 0) is 4.74 Å². The molecule has 3 rings (SSSR count). The summed E-state index contributed by atoms with van der Waals surface area (Å²) < 4.78 is 12.3. The second-order valence-electron chi connectivity index (χ2n) is 6.14. The Balaban J connectivity index is 1.90. The van der Waals surface area contributed by atoms with Crippen molar-refractivity contribution in [1.82, 2.24) is 14.8 Å². The third-order valence-corrected chi connectivity index (χ3v) is 4.65. The molecule has 6 heteroatoms. The van der Waals surface area contributed by atoms with Crippen LogP contribution in [0.5, 0.6) is 5.75 Å². The van der Waals surface area contributed by atoms with Gasteiger partial charge in [-0.25, -0.2) is 4.79 Å². The Hall–Kier alpha value is -2.63. The lowest BCUT2D eigenvalue weighted by molar-refractivity contribution is 0.0597. The summed E-state index contributed by atoms with van der Waals surface area (Å²) in [6.07, 6.45) is 11.7.